The van der Waals surface area contributed by atoms with E-state index in [9.17, 15) is 18.8 Å². The first kappa shape index (κ1) is 18.8. The largest absolute Gasteiger partial charge is 0.468 e. The molecule has 4 atom stereocenters. The molecule has 0 aliphatic carbocycles. The van der Waals surface area contributed by atoms with Crippen molar-refractivity contribution < 1.29 is 23.5 Å². The van der Waals surface area contributed by atoms with Crippen molar-refractivity contribution in [2.75, 3.05) is 26.2 Å². The van der Waals surface area contributed by atoms with Crippen molar-refractivity contribution >= 4 is 29.5 Å². The second-order valence-electron chi connectivity index (χ2n) is 6.59. The molecule has 2 aliphatic rings. The zero-order valence-electron chi connectivity index (χ0n) is 14.8. The molecule has 2 aliphatic heterocycles. The quantitative estimate of drug-likeness (QED) is 0.614. The van der Waals surface area contributed by atoms with Crippen LogP contribution in [0.2, 0.25) is 0 Å². The number of thioether (sulfide) groups is 1. The molecule has 2 heterocycles. The predicted octanol–water partition coefficient (Wildman–Crippen LogP) is 1.37. The lowest BCUT2D eigenvalue weighted by Crippen LogP contribution is -2.56. The van der Waals surface area contributed by atoms with Crippen LogP contribution in [0.5, 0.6) is 0 Å². The molecule has 3 rings (SSSR count). The van der Waals surface area contributed by atoms with Crippen molar-refractivity contribution in [1.82, 2.24) is 10.2 Å². The van der Waals surface area contributed by atoms with Gasteiger partial charge in [0.25, 0.3) is 0 Å². The summed E-state index contributed by atoms with van der Waals surface area (Å²) in [4.78, 5) is 39.3. The second kappa shape index (κ2) is 7.00. The molecule has 8 heteroatoms. The highest BCUT2D eigenvalue weighted by molar-refractivity contribution is 7.98. The minimum absolute atomic E-state index is 0.272. The van der Waals surface area contributed by atoms with Crippen LogP contribution in [-0.4, -0.2) is 54.4 Å². The van der Waals surface area contributed by atoms with Crippen LogP contribution in [0, 0.1) is 17.7 Å². The first-order chi connectivity index (χ1) is 12.4. The van der Waals surface area contributed by atoms with Gasteiger partial charge >= 0.3 is 5.97 Å². The van der Waals surface area contributed by atoms with Gasteiger partial charge < -0.3 is 4.74 Å². The summed E-state index contributed by atoms with van der Waals surface area (Å²) in [5, 5.41) is 3.13. The number of carbonyl (C=O) groups excluding carboxylic acids is 3. The smallest absolute Gasteiger partial charge is 0.326 e. The number of rotatable bonds is 5. The van der Waals surface area contributed by atoms with Crippen molar-refractivity contribution in [1.29, 1.82) is 0 Å². The number of fused-ring (bicyclic) bond motifs is 1. The molecule has 0 bridgehead atoms. The number of halogens is 1. The summed E-state index contributed by atoms with van der Waals surface area (Å²) in [5.74, 6) is -3.09. The molecule has 6 nitrogen and oxygen atoms in total. The van der Waals surface area contributed by atoms with E-state index in [0.717, 1.165) is 4.90 Å². The lowest BCUT2D eigenvalue weighted by atomic mass is 9.78. The van der Waals surface area contributed by atoms with E-state index >= 15 is 0 Å². The van der Waals surface area contributed by atoms with Crippen LogP contribution in [0.25, 0.3) is 0 Å². The van der Waals surface area contributed by atoms with Gasteiger partial charge in [0.15, 0.2) is 0 Å². The number of carbonyl (C=O) groups is 3. The summed E-state index contributed by atoms with van der Waals surface area (Å²) in [5.41, 5.74) is -1.08. The van der Waals surface area contributed by atoms with Crippen LogP contribution in [-0.2, 0) is 19.1 Å². The summed E-state index contributed by atoms with van der Waals surface area (Å²) in [6.45, 7) is 0. The minimum atomic E-state index is -1.35. The molecule has 2 fully saturated rings. The average molecular weight is 380 g/mol. The molecular formula is C18H21FN2O4S. The van der Waals surface area contributed by atoms with E-state index < -0.39 is 47.0 Å². The molecule has 0 aromatic heterocycles. The van der Waals surface area contributed by atoms with Gasteiger partial charge in [-0.1, -0.05) is 18.2 Å². The van der Waals surface area contributed by atoms with E-state index in [4.69, 9.17) is 4.74 Å². The minimum Gasteiger partial charge on any atom is -0.468 e. The first-order valence-electron chi connectivity index (χ1n) is 8.30. The van der Waals surface area contributed by atoms with Gasteiger partial charge in [0.1, 0.15) is 11.4 Å². The Bertz CT molecular complexity index is 758. The van der Waals surface area contributed by atoms with E-state index in [1.807, 2.05) is 6.26 Å². The zero-order valence-corrected chi connectivity index (χ0v) is 15.6. The molecular weight excluding hydrogens is 359 g/mol. The van der Waals surface area contributed by atoms with Crippen LogP contribution in [0.1, 0.15) is 18.0 Å². The summed E-state index contributed by atoms with van der Waals surface area (Å²) < 4.78 is 19.4. The number of amides is 2. The third-order valence-corrected chi connectivity index (χ3v) is 5.98. The van der Waals surface area contributed by atoms with E-state index in [0.29, 0.717) is 12.2 Å². The molecule has 1 aromatic rings. The monoisotopic (exact) mass is 380 g/mol. The Morgan fingerprint density at radius 3 is 2.65 bits per heavy atom. The van der Waals surface area contributed by atoms with Crippen molar-refractivity contribution in [3.63, 3.8) is 0 Å². The van der Waals surface area contributed by atoms with Gasteiger partial charge in [-0.05, 0) is 24.5 Å². The van der Waals surface area contributed by atoms with Crippen molar-refractivity contribution in [2.45, 2.75) is 18.0 Å². The van der Waals surface area contributed by atoms with E-state index in [1.54, 1.807) is 18.2 Å². The van der Waals surface area contributed by atoms with Gasteiger partial charge in [0.2, 0.25) is 11.8 Å². The van der Waals surface area contributed by atoms with E-state index in [2.05, 4.69) is 5.32 Å². The number of hydrogen-bond donors (Lipinski definition) is 1. The third kappa shape index (κ3) is 2.63. The Hall–Kier alpha value is -1.93. The Labute approximate surface area is 155 Å². The Morgan fingerprint density at radius 2 is 2.04 bits per heavy atom. The normalized spacial score (nSPS) is 30.6. The molecule has 0 spiro atoms. The van der Waals surface area contributed by atoms with Crippen LogP contribution >= 0.6 is 11.8 Å². The number of imide groups is 1. The summed E-state index contributed by atoms with van der Waals surface area (Å²) in [6.07, 6.45) is 2.19. The van der Waals surface area contributed by atoms with Crippen molar-refractivity contribution in [2.24, 2.45) is 11.8 Å². The Morgan fingerprint density at radius 1 is 1.35 bits per heavy atom. The predicted molar refractivity (Wildman–Crippen MR) is 94.8 cm³/mol. The highest BCUT2D eigenvalue weighted by atomic mass is 32.2. The van der Waals surface area contributed by atoms with Gasteiger partial charge in [-0.25, -0.2) is 4.39 Å². The lowest BCUT2D eigenvalue weighted by Gasteiger charge is -2.32. The summed E-state index contributed by atoms with van der Waals surface area (Å²) >= 11 is 1.52. The lowest BCUT2D eigenvalue weighted by molar-refractivity contribution is -0.154. The molecule has 0 radical (unpaired) electrons. The molecule has 140 valence electrons. The molecule has 26 heavy (non-hydrogen) atoms. The number of benzene rings is 1. The topological polar surface area (TPSA) is 75.7 Å². The molecule has 2 amide bonds. The molecule has 0 unspecified atom stereocenters. The van der Waals surface area contributed by atoms with Crippen LogP contribution in [0.15, 0.2) is 24.3 Å². The molecule has 1 N–H and O–H groups in total. The van der Waals surface area contributed by atoms with Gasteiger partial charge in [-0.2, -0.15) is 11.8 Å². The highest BCUT2D eigenvalue weighted by Crippen LogP contribution is 2.50. The molecule has 2 saturated heterocycles. The van der Waals surface area contributed by atoms with E-state index in [-0.39, 0.29) is 5.56 Å². The fourth-order valence-electron chi connectivity index (χ4n) is 4.11. The number of hydrogen-bond acceptors (Lipinski definition) is 6. The standard InChI is InChI=1S/C18H21FN2O4S/c1-21-15(22)12-13(16(21)23)18(8-9-26-3,17(24)25-2)20-14(12)10-6-4-5-7-11(10)19/h4-7,12-14,20H,8-9H2,1-3H3/t12-,13+,14+,18-/m1/s1. The second-order valence-corrected chi connectivity index (χ2v) is 7.57. The number of likely N-dealkylation sites (tertiary alicyclic amines) is 1. The number of ether oxygens (including phenoxy) is 1. The van der Waals surface area contributed by atoms with Crippen LogP contribution in [0.4, 0.5) is 4.39 Å². The molecule has 0 saturated carbocycles. The fraction of sp³-hybridized carbons (Fsp3) is 0.500. The number of nitrogens with one attached hydrogen (secondary N) is 1. The number of esters is 1. The maximum atomic E-state index is 14.4. The molecule has 1 aromatic carbocycles. The first-order valence-corrected chi connectivity index (χ1v) is 9.69. The van der Waals surface area contributed by atoms with Gasteiger partial charge in [0.05, 0.1) is 18.9 Å². The van der Waals surface area contributed by atoms with Crippen molar-refractivity contribution in [3.8, 4) is 0 Å². The van der Waals surface area contributed by atoms with E-state index in [1.165, 1.54) is 32.0 Å². The summed E-state index contributed by atoms with van der Waals surface area (Å²) in [7, 11) is 2.65. The van der Waals surface area contributed by atoms with Gasteiger partial charge in [-0.3, -0.25) is 24.6 Å². The Balaban J connectivity index is 2.15. The van der Waals surface area contributed by atoms with Gasteiger partial charge in [0, 0.05) is 18.7 Å². The number of methoxy groups -OCH3 is 1. The highest BCUT2D eigenvalue weighted by Gasteiger charge is 2.68. The summed E-state index contributed by atoms with van der Waals surface area (Å²) in [6, 6.07) is 5.32. The SMILES string of the molecule is COC(=O)[C@]1(CCSC)N[C@@H](c2ccccc2F)[C@@H]2C(=O)N(C)C(=O)[C@H]21. The maximum Gasteiger partial charge on any atom is 0.326 e. The third-order valence-electron chi connectivity index (χ3n) is 5.37. The maximum absolute atomic E-state index is 14.4. The Kier molecular flexibility index (Phi) is 5.07. The average Bonchev–Trinajstić information content (AvgIpc) is 3.10. The van der Waals surface area contributed by atoms with Crippen molar-refractivity contribution in [3.05, 3.63) is 35.6 Å². The van der Waals surface area contributed by atoms with Gasteiger partial charge in [-0.15, -0.1) is 0 Å². The fourth-order valence-corrected chi connectivity index (χ4v) is 4.63. The zero-order chi connectivity index (χ0) is 19.1. The van der Waals surface area contributed by atoms with Crippen LogP contribution < -0.4 is 5.32 Å². The number of nitrogens with zero attached hydrogens (tertiary/aromatic N) is 1. The van der Waals surface area contributed by atoms with Crippen LogP contribution in [0.3, 0.4) is 0 Å².